The number of allylic oxidation sites excluding steroid dienone is 1. The van der Waals surface area contributed by atoms with Gasteiger partial charge in [-0.3, -0.25) is 13.8 Å². The molecule has 0 rings (SSSR count). The highest BCUT2D eigenvalue weighted by atomic mass is 31.2. The van der Waals surface area contributed by atoms with E-state index in [0.717, 1.165) is 44.9 Å². The molecule has 0 aliphatic heterocycles. The Labute approximate surface area is 182 Å². The van der Waals surface area contributed by atoms with Crippen LogP contribution in [-0.2, 0) is 18.4 Å². The molecule has 9 heteroatoms. The molecule has 0 aromatic heterocycles. The summed E-state index contributed by atoms with van der Waals surface area (Å²) in [4.78, 5) is 22.2. The zero-order valence-corrected chi connectivity index (χ0v) is 20.4. The van der Waals surface area contributed by atoms with Crippen LogP contribution in [0.3, 0.4) is 0 Å². The van der Waals surface area contributed by atoms with Crippen molar-refractivity contribution >= 4 is 13.7 Å². The van der Waals surface area contributed by atoms with Crippen LogP contribution < -0.4 is 5.32 Å². The van der Waals surface area contributed by atoms with Crippen molar-refractivity contribution in [3.8, 4) is 0 Å². The predicted octanol–water partition coefficient (Wildman–Crippen LogP) is 3.39. The molecule has 0 heterocycles. The fraction of sp³-hybridized carbons (Fsp3) is 0.857. The van der Waals surface area contributed by atoms with Crippen molar-refractivity contribution < 1.29 is 32.9 Å². The molecule has 3 atom stereocenters. The zero-order chi connectivity index (χ0) is 23.0. The first-order valence-electron chi connectivity index (χ1n) is 11.1. The third-order valence-corrected chi connectivity index (χ3v) is 5.49. The molecule has 3 N–H and O–H groups in total. The molecule has 1 amide bonds. The monoisotopic (exact) mass is 451 g/mol. The van der Waals surface area contributed by atoms with Gasteiger partial charge in [-0.25, -0.2) is 4.57 Å². The fourth-order valence-electron chi connectivity index (χ4n) is 2.55. The number of hydrogen-bond donors (Lipinski definition) is 3. The van der Waals surface area contributed by atoms with E-state index in [0.29, 0.717) is 17.4 Å². The number of phosphoric acid groups is 1. The van der Waals surface area contributed by atoms with Gasteiger partial charge in [0.2, 0.25) is 5.91 Å². The van der Waals surface area contributed by atoms with Crippen LogP contribution in [0.1, 0.15) is 65.2 Å². The van der Waals surface area contributed by atoms with Crippen LogP contribution in [0.2, 0.25) is 0 Å². The largest absolute Gasteiger partial charge is 0.472 e. The minimum Gasteiger partial charge on any atom is -0.387 e. The number of nitrogens with zero attached hydrogens (tertiary/aromatic N) is 1. The van der Waals surface area contributed by atoms with Crippen molar-refractivity contribution in [2.45, 2.75) is 77.4 Å². The summed E-state index contributed by atoms with van der Waals surface area (Å²) in [5, 5.41) is 13.2. The van der Waals surface area contributed by atoms with Crippen LogP contribution in [-0.4, -0.2) is 73.4 Å². The summed E-state index contributed by atoms with van der Waals surface area (Å²) in [5.74, 6) is -0.209. The third-order valence-electron chi connectivity index (χ3n) is 4.51. The molecule has 0 saturated heterocycles. The number of aliphatic hydroxyl groups excluding tert-OH is 1. The van der Waals surface area contributed by atoms with Gasteiger partial charge in [-0.15, -0.1) is 0 Å². The number of carbonyl (C=O) groups is 1. The van der Waals surface area contributed by atoms with Gasteiger partial charge in [0, 0.05) is 6.42 Å². The highest BCUT2D eigenvalue weighted by Crippen LogP contribution is 2.43. The van der Waals surface area contributed by atoms with Gasteiger partial charge in [-0.2, -0.15) is 0 Å². The molecule has 0 aromatic carbocycles. The minimum atomic E-state index is -4.28. The van der Waals surface area contributed by atoms with Crippen molar-refractivity contribution in [2.75, 3.05) is 40.9 Å². The fourth-order valence-corrected chi connectivity index (χ4v) is 3.29. The van der Waals surface area contributed by atoms with E-state index >= 15 is 0 Å². The van der Waals surface area contributed by atoms with Gasteiger partial charge in [-0.1, -0.05) is 58.1 Å². The van der Waals surface area contributed by atoms with Crippen molar-refractivity contribution in [3.05, 3.63) is 12.2 Å². The molecule has 0 fully saturated rings. The molecule has 0 aliphatic carbocycles. The SMILES string of the molecule is CCCC/C=C\[C@@H](O)[C@H](COP(=O)(O)OCC[N+](C)(C)C)NC(=O)CCCCCC. The smallest absolute Gasteiger partial charge is 0.387 e. The number of amides is 1. The Morgan fingerprint density at radius 2 is 1.77 bits per heavy atom. The normalized spacial score (nSPS) is 16.4. The van der Waals surface area contributed by atoms with Crippen molar-refractivity contribution in [1.82, 2.24) is 5.32 Å². The highest BCUT2D eigenvalue weighted by molar-refractivity contribution is 7.47. The van der Waals surface area contributed by atoms with Gasteiger partial charge < -0.3 is 19.8 Å². The first-order valence-corrected chi connectivity index (χ1v) is 12.6. The molecule has 1 unspecified atom stereocenters. The van der Waals surface area contributed by atoms with E-state index in [-0.39, 0.29) is 19.1 Å². The third kappa shape index (κ3) is 17.0. The molecule has 0 bridgehead atoms. The maximum atomic E-state index is 12.2. The van der Waals surface area contributed by atoms with Crippen molar-refractivity contribution in [1.29, 1.82) is 0 Å². The maximum absolute atomic E-state index is 12.2. The molecule has 0 saturated carbocycles. The Kier molecular flexibility index (Phi) is 15.6. The van der Waals surface area contributed by atoms with E-state index in [1.54, 1.807) is 6.08 Å². The number of carbonyl (C=O) groups excluding carboxylic acids is 1. The molecule has 0 aromatic rings. The maximum Gasteiger partial charge on any atom is 0.472 e. The lowest BCUT2D eigenvalue weighted by Crippen LogP contribution is -2.45. The quantitative estimate of drug-likeness (QED) is 0.128. The van der Waals surface area contributed by atoms with E-state index in [1.165, 1.54) is 0 Å². The summed E-state index contributed by atoms with van der Waals surface area (Å²) in [5.41, 5.74) is 0. The number of unbranched alkanes of at least 4 members (excludes halogenated alkanes) is 5. The average Bonchev–Trinajstić information content (AvgIpc) is 2.64. The van der Waals surface area contributed by atoms with Gasteiger partial charge in [-0.05, 0) is 12.8 Å². The number of quaternary nitrogens is 1. The number of likely N-dealkylation sites (N-methyl/N-ethyl adjacent to an activating group) is 1. The number of aliphatic hydroxyl groups is 1. The predicted molar refractivity (Wildman–Crippen MR) is 120 cm³/mol. The zero-order valence-electron chi connectivity index (χ0n) is 19.5. The lowest BCUT2D eigenvalue weighted by Gasteiger charge is -2.25. The standard InChI is InChI=1S/C21H43N2O6P/c1-6-8-10-12-14-20(24)19(22-21(25)15-13-11-9-7-2)18-29-30(26,27)28-17-16-23(3,4)5/h12,14,19-20,24H,6-11,13,15-18H2,1-5H3,(H-,22,25,26,27)/p+1/b14-12-/t19-,20+/m0/s1. The molecule has 0 aliphatic rings. The van der Waals surface area contributed by atoms with Crippen molar-refractivity contribution in [2.24, 2.45) is 0 Å². The van der Waals surface area contributed by atoms with E-state index in [1.807, 2.05) is 27.2 Å². The molecule has 0 radical (unpaired) electrons. The summed E-state index contributed by atoms with van der Waals surface area (Å²) in [6.07, 6.45) is 9.52. The minimum absolute atomic E-state index is 0.0607. The Morgan fingerprint density at radius 3 is 2.37 bits per heavy atom. The van der Waals surface area contributed by atoms with E-state index in [9.17, 15) is 19.4 Å². The summed E-state index contributed by atoms with van der Waals surface area (Å²) in [7, 11) is 1.55. The van der Waals surface area contributed by atoms with Crippen LogP contribution in [0.25, 0.3) is 0 Å². The summed E-state index contributed by atoms with van der Waals surface area (Å²) < 4.78 is 22.8. The Morgan fingerprint density at radius 1 is 1.10 bits per heavy atom. The molecule has 0 spiro atoms. The second-order valence-corrected chi connectivity index (χ2v) is 10.1. The topological polar surface area (TPSA) is 105 Å². The summed E-state index contributed by atoms with van der Waals surface area (Å²) in [6.45, 7) is 4.46. The number of hydrogen-bond acceptors (Lipinski definition) is 5. The average molecular weight is 452 g/mol. The second kappa shape index (κ2) is 16.0. The first-order chi connectivity index (χ1) is 14.0. The Balaban J connectivity index is 4.78. The summed E-state index contributed by atoms with van der Waals surface area (Å²) >= 11 is 0. The molecule has 8 nitrogen and oxygen atoms in total. The van der Waals surface area contributed by atoms with E-state index < -0.39 is 20.0 Å². The van der Waals surface area contributed by atoms with Gasteiger partial charge in [0.05, 0.1) is 39.9 Å². The Bertz CT molecular complexity index is 536. The first kappa shape index (κ1) is 29.2. The number of nitrogens with one attached hydrogen (secondary N) is 1. The lowest BCUT2D eigenvalue weighted by atomic mass is 10.1. The second-order valence-electron chi connectivity index (χ2n) is 8.66. The molecule has 178 valence electrons. The number of phosphoric ester groups is 1. The Hall–Kier alpha value is -0.760. The molecular weight excluding hydrogens is 407 g/mol. The van der Waals surface area contributed by atoms with Crippen LogP contribution in [0.15, 0.2) is 12.2 Å². The number of rotatable bonds is 18. The summed E-state index contributed by atoms with van der Waals surface area (Å²) in [6, 6.07) is -0.830. The highest BCUT2D eigenvalue weighted by Gasteiger charge is 2.27. The van der Waals surface area contributed by atoms with Crippen molar-refractivity contribution in [3.63, 3.8) is 0 Å². The van der Waals surface area contributed by atoms with Gasteiger partial charge in [0.25, 0.3) is 0 Å². The van der Waals surface area contributed by atoms with Gasteiger partial charge in [0.15, 0.2) is 0 Å². The lowest BCUT2D eigenvalue weighted by molar-refractivity contribution is -0.870. The van der Waals surface area contributed by atoms with Gasteiger partial charge in [0.1, 0.15) is 13.2 Å². The van der Waals surface area contributed by atoms with Crippen LogP contribution >= 0.6 is 7.82 Å². The van der Waals surface area contributed by atoms with Gasteiger partial charge >= 0.3 is 7.82 Å². The van der Waals surface area contributed by atoms with E-state index in [2.05, 4.69) is 19.2 Å². The molecular formula is C21H44N2O6P+. The van der Waals surface area contributed by atoms with Crippen LogP contribution in [0.4, 0.5) is 0 Å². The van der Waals surface area contributed by atoms with Crippen LogP contribution in [0, 0.1) is 0 Å². The van der Waals surface area contributed by atoms with Crippen LogP contribution in [0.5, 0.6) is 0 Å². The van der Waals surface area contributed by atoms with E-state index in [4.69, 9.17) is 9.05 Å². The molecule has 30 heavy (non-hydrogen) atoms.